The van der Waals surface area contributed by atoms with Crippen molar-refractivity contribution in [1.29, 1.82) is 0 Å². The van der Waals surface area contributed by atoms with Crippen LogP contribution in [0.15, 0.2) is 60.7 Å². The summed E-state index contributed by atoms with van der Waals surface area (Å²) in [6.07, 6.45) is 7.00. The molecule has 2 aliphatic carbocycles. The molecular weight excluding hydrogens is 316 g/mol. The Bertz CT molecular complexity index is 945. The van der Waals surface area contributed by atoms with E-state index in [9.17, 15) is 9.59 Å². The van der Waals surface area contributed by atoms with E-state index in [0.29, 0.717) is 5.75 Å². The fourth-order valence-electron chi connectivity index (χ4n) is 3.36. The molecule has 2 unspecified atom stereocenters. The molecule has 0 saturated carbocycles. The van der Waals surface area contributed by atoms with E-state index in [2.05, 4.69) is 0 Å². The van der Waals surface area contributed by atoms with E-state index in [1.807, 2.05) is 18.2 Å². The monoisotopic (exact) mass is 332 g/mol. The number of ether oxygens (including phenoxy) is 1. The van der Waals surface area contributed by atoms with Gasteiger partial charge >= 0.3 is 0 Å². The number of ketones is 2. The third kappa shape index (κ3) is 2.32. The van der Waals surface area contributed by atoms with Gasteiger partial charge in [0.25, 0.3) is 0 Å². The van der Waals surface area contributed by atoms with E-state index < -0.39 is 11.8 Å². The predicted octanol–water partition coefficient (Wildman–Crippen LogP) is 3.38. The summed E-state index contributed by atoms with van der Waals surface area (Å²) in [6, 6.07) is 10.6. The Hall–Kier alpha value is -3.34. The van der Waals surface area contributed by atoms with Gasteiger partial charge in [-0.05, 0) is 12.1 Å². The quantitative estimate of drug-likeness (QED) is 0.822. The van der Waals surface area contributed by atoms with E-state index in [1.54, 1.807) is 36.4 Å². The number of Topliss-reactive ketones (excluding diaryl/α,β-unsaturated/α-hetero) is 2. The van der Waals surface area contributed by atoms with Crippen LogP contribution in [-0.2, 0) is 0 Å². The fraction of sp³-hybridized carbons (Fsp3) is 0.100. The van der Waals surface area contributed by atoms with Crippen molar-refractivity contribution in [3.63, 3.8) is 0 Å². The first-order valence-corrected chi connectivity index (χ1v) is 7.96. The van der Waals surface area contributed by atoms with Crippen LogP contribution in [0.3, 0.4) is 0 Å². The molecule has 0 bridgehead atoms. The summed E-state index contributed by atoms with van der Waals surface area (Å²) in [4.78, 5) is 25.8. The van der Waals surface area contributed by atoms with Gasteiger partial charge < -0.3 is 16.2 Å². The van der Waals surface area contributed by atoms with E-state index in [-0.39, 0.29) is 39.8 Å². The number of hydrogen-bond acceptors (Lipinski definition) is 5. The highest BCUT2D eigenvalue weighted by molar-refractivity contribution is 6.22. The Balaban J connectivity index is 1.86. The second-order valence-corrected chi connectivity index (χ2v) is 6.09. The number of carbonyl (C=O) groups is 2. The van der Waals surface area contributed by atoms with Crippen molar-refractivity contribution in [2.24, 2.45) is 11.8 Å². The van der Waals surface area contributed by atoms with Gasteiger partial charge in [0.05, 0.1) is 28.7 Å². The zero-order chi connectivity index (χ0) is 17.6. The van der Waals surface area contributed by atoms with Crippen LogP contribution in [0.2, 0.25) is 0 Å². The summed E-state index contributed by atoms with van der Waals surface area (Å²) in [6.45, 7) is 0. The van der Waals surface area contributed by atoms with Gasteiger partial charge in [-0.15, -0.1) is 0 Å². The van der Waals surface area contributed by atoms with Crippen molar-refractivity contribution < 1.29 is 14.3 Å². The number of anilines is 2. The standard InChI is InChI=1S/C20H16N2O3/c21-14-10-15(25-11-6-2-1-3-7-11)18(22)17-16(14)19(23)12-8-4-5-9-13(12)20(17)24/h1-10,12-13H,21-22H2. The average molecular weight is 332 g/mol. The minimum Gasteiger partial charge on any atom is -0.455 e. The molecule has 0 fully saturated rings. The van der Waals surface area contributed by atoms with Gasteiger partial charge in [-0.2, -0.15) is 0 Å². The summed E-state index contributed by atoms with van der Waals surface area (Å²) in [5.41, 5.74) is 13.0. The number of fused-ring (bicyclic) bond motifs is 2. The molecule has 2 aromatic carbocycles. The minimum absolute atomic E-state index is 0.146. The van der Waals surface area contributed by atoms with Crippen LogP contribution >= 0.6 is 0 Å². The highest BCUT2D eigenvalue weighted by atomic mass is 16.5. The first kappa shape index (κ1) is 15.2. The molecule has 124 valence electrons. The molecule has 5 nitrogen and oxygen atoms in total. The minimum atomic E-state index is -0.543. The number of hydrogen-bond donors (Lipinski definition) is 2. The summed E-state index contributed by atoms with van der Waals surface area (Å²) in [7, 11) is 0. The van der Waals surface area contributed by atoms with E-state index in [1.165, 1.54) is 6.07 Å². The van der Waals surface area contributed by atoms with E-state index in [0.717, 1.165) is 0 Å². The molecule has 0 aromatic heterocycles. The number of para-hydroxylation sites is 1. The van der Waals surface area contributed by atoms with Crippen molar-refractivity contribution in [2.45, 2.75) is 0 Å². The highest BCUT2D eigenvalue weighted by Gasteiger charge is 2.42. The largest absolute Gasteiger partial charge is 0.455 e. The molecule has 0 aliphatic heterocycles. The lowest BCUT2D eigenvalue weighted by Gasteiger charge is -2.30. The number of carbonyl (C=O) groups excluding carboxylic acids is 2. The SMILES string of the molecule is Nc1cc(Oc2ccccc2)c(N)c2c1C(=O)C1C=CC=CC1C2=O. The number of nitrogen functional groups attached to an aromatic ring is 2. The van der Waals surface area contributed by atoms with Crippen LogP contribution in [0.4, 0.5) is 11.4 Å². The second kappa shape index (κ2) is 5.63. The maximum Gasteiger partial charge on any atom is 0.173 e. The second-order valence-electron chi connectivity index (χ2n) is 6.09. The number of benzene rings is 2. The average Bonchev–Trinajstić information content (AvgIpc) is 2.63. The summed E-state index contributed by atoms with van der Waals surface area (Å²) in [5.74, 6) is -0.608. The summed E-state index contributed by atoms with van der Waals surface area (Å²) >= 11 is 0. The van der Waals surface area contributed by atoms with Gasteiger partial charge in [0.1, 0.15) is 5.75 Å². The highest BCUT2D eigenvalue weighted by Crippen LogP contribution is 2.43. The van der Waals surface area contributed by atoms with Crippen molar-refractivity contribution in [1.82, 2.24) is 0 Å². The van der Waals surface area contributed by atoms with Crippen LogP contribution < -0.4 is 16.2 Å². The molecule has 25 heavy (non-hydrogen) atoms. The van der Waals surface area contributed by atoms with E-state index >= 15 is 0 Å². The molecule has 2 atom stereocenters. The molecule has 4 rings (SSSR count). The van der Waals surface area contributed by atoms with Crippen molar-refractivity contribution in [2.75, 3.05) is 11.5 Å². The zero-order valence-corrected chi connectivity index (χ0v) is 13.3. The lowest BCUT2D eigenvalue weighted by Crippen LogP contribution is -2.36. The zero-order valence-electron chi connectivity index (χ0n) is 13.3. The van der Waals surface area contributed by atoms with Crippen molar-refractivity contribution in [3.8, 4) is 11.5 Å². The van der Waals surface area contributed by atoms with Gasteiger partial charge in [-0.25, -0.2) is 0 Å². The van der Waals surface area contributed by atoms with Crippen LogP contribution in [0, 0.1) is 11.8 Å². The molecule has 0 spiro atoms. The molecule has 0 heterocycles. The first-order valence-electron chi connectivity index (χ1n) is 7.96. The van der Waals surface area contributed by atoms with Crippen LogP contribution in [0.1, 0.15) is 20.7 Å². The van der Waals surface area contributed by atoms with Crippen LogP contribution in [0.25, 0.3) is 0 Å². The number of rotatable bonds is 2. The summed E-state index contributed by atoms with van der Waals surface area (Å²) in [5, 5.41) is 0. The maximum absolute atomic E-state index is 12.9. The lowest BCUT2D eigenvalue weighted by molar-refractivity contribution is 0.0803. The molecule has 0 radical (unpaired) electrons. The molecule has 4 N–H and O–H groups in total. The van der Waals surface area contributed by atoms with Gasteiger partial charge in [0, 0.05) is 11.8 Å². The first-order chi connectivity index (χ1) is 12.1. The van der Waals surface area contributed by atoms with Crippen molar-refractivity contribution >= 4 is 22.9 Å². The van der Waals surface area contributed by atoms with Crippen LogP contribution in [0.5, 0.6) is 11.5 Å². The Morgan fingerprint density at radius 1 is 0.840 bits per heavy atom. The predicted molar refractivity (Wildman–Crippen MR) is 95.7 cm³/mol. The van der Waals surface area contributed by atoms with Crippen LogP contribution in [-0.4, -0.2) is 11.6 Å². The Labute approximate surface area is 144 Å². The fourth-order valence-corrected chi connectivity index (χ4v) is 3.36. The van der Waals surface area contributed by atoms with Gasteiger partial charge in [-0.3, -0.25) is 9.59 Å². The number of nitrogens with two attached hydrogens (primary N) is 2. The van der Waals surface area contributed by atoms with Gasteiger partial charge in [0.2, 0.25) is 0 Å². The Kier molecular flexibility index (Phi) is 3.42. The van der Waals surface area contributed by atoms with E-state index in [4.69, 9.17) is 16.2 Å². The molecule has 2 aromatic rings. The normalized spacial score (nSPS) is 21.0. The molecule has 5 heteroatoms. The van der Waals surface area contributed by atoms with Crippen molar-refractivity contribution in [3.05, 3.63) is 71.8 Å². The Morgan fingerprint density at radius 2 is 1.44 bits per heavy atom. The molecule has 0 saturated heterocycles. The van der Waals surface area contributed by atoms with Gasteiger partial charge in [0.15, 0.2) is 17.3 Å². The molecular formula is C20H16N2O3. The topological polar surface area (TPSA) is 95.4 Å². The van der Waals surface area contributed by atoms with Gasteiger partial charge in [-0.1, -0.05) is 42.5 Å². The number of allylic oxidation sites excluding steroid dienone is 4. The Morgan fingerprint density at radius 3 is 2.08 bits per heavy atom. The molecule has 0 amide bonds. The summed E-state index contributed by atoms with van der Waals surface area (Å²) < 4.78 is 5.78. The third-order valence-electron chi connectivity index (χ3n) is 4.56. The lowest BCUT2D eigenvalue weighted by atomic mass is 9.71. The smallest absolute Gasteiger partial charge is 0.173 e. The molecule has 2 aliphatic rings. The third-order valence-corrected chi connectivity index (χ3v) is 4.56. The maximum atomic E-state index is 12.9.